The molecule has 79 valence electrons. The Bertz CT molecular complexity index is 57.5. The van der Waals surface area contributed by atoms with Crippen molar-refractivity contribution in [3.8, 4) is 0 Å². The van der Waals surface area contributed by atoms with Gasteiger partial charge < -0.3 is 13.8 Å². The Hall–Kier alpha value is 1.10. The Labute approximate surface area is 111 Å². The maximum absolute atomic E-state index is 3.73. The summed E-state index contributed by atoms with van der Waals surface area (Å²) < 4.78 is 0. The average Bonchev–Trinajstić information content (AvgIpc) is 1.87. The molecule has 0 aliphatic rings. The minimum absolute atomic E-state index is 0. The van der Waals surface area contributed by atoms with Crippen LogP contribution in [0.1, 0.15) is 53.4 Å². The SMILES string of the molecule is [CH2-]CCC(C)C.[CH2-]CCC(C)C.[Y]. The van der Waals surface area contributed by atoms with Gasteiger partial charge in [0.05, 0.1) is 0 Å². The molecule has 0 aromatic heterocycles. The summed E-state index contributed by atoms with van der Waals surface area (Å²) in [6.07, 6.45) is 4.69. The molecule has 0 N–H and O–H groups in total. The van der Waals surface area contributed by atoms with Gasteiger partial charge in [-0.3, -0.25) is 0 Å². The fraction of sp³-hybridized carbons (Fsp3) is 0.833. The van der Waals surface area contributed by atoms with Crippen molar-refractivity contribution in [3.63, 3.8) is 0 Å². The molecule has 0 fully saturated rings. The van der Waals surface area contributed by atoms with Gasteiger partial charge in [-0.2, -0.15) is 12.8 Å². The van der Waals surface area contributed by atoms with Crippen LogP contribution in [0.5, 0.6) is 0 Å². The zero-order valence-electron chi connectivity index (χ0n) is 9.97. The van der Waals surface area contributed by atoms with Crippen molar-refractivity contribution in [2.45, 2.75) is 53.4 Å². The van der Waals surface area contributed by atoms with E-state index in [4.69, 9.17) is 0 Å². The van der Waals surface area contributed by atoms with Crippen LogP contribution < -0.4 is 0 Å². The molecule has 0 aliphatic carbocycles. The van der Waals surface area contributed by atoms with Gasteiger partial charge in [0.2, 0.25) is 0 Å². The van der Waals surface area contributed by atoms with E-state index in [0.717, 1.165) is 24.7 Å². The van der Waals surface area contributed by atoms with E-state index >= 15 is 0 Å². The van der Waals surface area contributed by atoms with Gasteiger partial charge in [0.25, 0.3) is 0 Å². The van der Waals surface area contributed by atoms with Gasteiger partial charge in [0.15, 0.2) is 0 Å². The van der Waals surface area contributed by atoms with Gasteiger partial charge in [-0.15, -0.1) is 0 Å². The van der Waals surface area contributed by atoms with E-state index in [0.29, 0.717) is 0 Å². The van der Waals surface area contributed by atoms with Crippen LogP contribution in [0.25, 0.3) is 0 Å². The molecule has 0 aliphatic heterocycles. The smallest absolute Gasteiger partial charge is 0 e. The standard InChI is InChI=1S/2C6H13.Y/c2*1-4-5-6(2)3;/h2*6H,1,4-5H2,2-3H3;/q2*-1;. The third-order valence-electron chi connectivity index (χ3n) is 1.56. The summed E-state index contributed by atoms with van der Waals surface area (Å²) in [6, 6.07) is 0. The Morgan fingerprint density at radius 1 is 0.769 bits per heavy atom. The molecular formula is C12H26Y-2. The normalized spacial score (nSPS) is 9.23. The zero-order valence-corrected chi connectivity index (χ0v) is 12.8. The van der Waals surface area contributed by atoms with Crippen LogP contribution in [-0.4, -0.2) is 0 Å². The maximum Gasteiger partial charge on any atom is 0 e. The molecular weight excluding hydrogens is 233 g/mol. The fourth-order valence-electron chi connectivity index (χ4n) is 0.816. The summed E-state index contributed by atoms with van der Waals surface area (Å²) in [5.74, 6) is 1.67. The van der Waals surface area contributed by atoms with E-state index in [-0.39, 0.29) is 32.7 Å². The van der Waals surface area contributed by atoms with Crippen LogP contribution in [-0.2, 0) is 32.7 Å². The molecule has 0 atom stereocenters. The second-order valence-electron chi connectivity index (χ2n) is 4.07. The van der Waals surface area contributed by atoms with E-state index in [1.54, 1.807) is 0 Å². The molecule has 0 spiro atoms. The minimum atomic E-state index is 0. The van der Waals surface area contributed by atoms with Gasteiger partial charge in [-0.1, -0.05) is 40.5 Å². The van der Waals surface area contributed by atoms with Gasteiger partial charge in [-0.25, -0.2) is 0 Å². The summed E-state index contributed by atoms with van der Waals surface area (Å²) in [5, 5.41) is 0. The van der Waals surface area contributed by atoms with Crippen LogP contribution >= 0.6 is 0 Å². The number of hydrogen-bond donors (Lipinski definition) is 0. The van der Waals surface area contributed by atoms with Crippen molar-refractivity contribution < 1.29 is 32.7 Å². The summed E-state index contributed by atoms with van der Waals surface area (Å²) in [4.78, 5) is 0. The molecule has 0 bridgehead atoms. The molecule has 0 heterocycles. The first-order valence-corrected chi connectivity index (χ1v) is 5.13. The first-order chi connectivity index (χ1) is 5.54. The largest absolute Gasteiger partial charge is 0.343 e. The van der Waals surface area contributed by atoms with Gasteiger partial charge in [-0.05, 0) is 11.8 Å². The second kappa shape index (κ2) is 15.6. The topological polar surface area (TPSA) is 0 Å². The third kappa shape index (κ3) is 32.0. The Kier molecular flexibility index (Phi) is 23.5. The van der Waals surface area contributed by atoms with Gasteiger partial charge in [0, 0.05) is 32.7 Å². The van der Waals surface area contributed by atoms with E-state index in [9.17, 15) is 0 Å². The van der Waals surface area contributed by atoms with Crippen molar-refractivity contribution in [3.05, 3.63) is 13.8 Å². The predicted octanol–water partition coefficient (Wildman–Crippen LogP) is 4.51. The molecule has 0 saturated carbocycles. The van der Waals surface area contributed by atoms with Crippen molar-refractivity contribution in [2.24, 2.45) is 11.8 Å². The maximum atomic E-state index is 3.73. The number of hydrogen-bond acceptors (Lipinski definition) is 0. The fourth-order valence-corrected chi connectivity index (χ4v) is 0.816. The van der Waals surface area contributed by atoms with Crippen LogP contribution in [0.4, 0.5) is 0 Å². The number of rotatable bonds is 4. The quantitative estimate of drug-likeness (QED) is 0.651. The first kappa shape index (κ1) is 19.6. The molecule has 1 radical (unpaired) electrons. The average molecular weight is 259 g/mol. The third-order valence-corrected chi connectivity index (χ3v) is 1.56. The molecule has 13 heavy (non-hydrogen) atoms. The van der Waals surface area contributed by atoms with Crippen molar-refractivity contribution in [1.29, 1.82) is 0 Å². The monoisotopic (exact) mass is 259 g/mol. The predicted molar refractivity (Wildman–Crippen MR) is 58.9 cm³/mol. The Morgan fingerprint density at radius 2 is 1.00 bits per heavy atom. The van der Waals surface area contributed by atoms with Crippen molar-refractivity contribution in [1.82, 2.24) is 0 Å². The molecule has 1 heteroatoms. The Balaban J connectivity index is -0.000000143. The summed E-state index contributed by atoms with van der Waals surface area (Å²) >= 11 is 0. The molecule has 0 unspecified atom stereocenters. The molecule has 0 saturated heterocycles. The van der Waals surface area contributed by atoms with E-state index in [1.807, 2.05) is 0 Å². The van der Waals surface area contributed by atoms with Crippen molar-refractivity contribution in [2.75, 3.05) is 0 Å². The second-order valence-corrected chi connectivity index (χ2v) is 4.07. The summed E-state index contributed by atoms with van der Waals surface area (Å²) in [6.45, 7) is 16.3. The van der Waals surface area contributed by atoms with Gasteiger partial charge >= 0.3 is 0 Å². The molecule has 0 nitrogen and oxygen atoms in total. The summed E-state index contributed by atoms with van der Waals surface area (Å²) in [5.41, 5.74) is 0. The molecule has 0 rings (SSSR count). The van der Waals surface area contributed by atoms with Crippen LogP contribution in [0, 0.1) is 25.7 Å². The molecule has 0 amide bonds. The van der Waals surface area contributed by atoms with E-state index < -0.39 is 0 Å². The first-order valence-electron chi connectivity index (χ1n) is 5.13. The Morgan fingerprint density at radius 3 is 1.00 bits per heavy atom. The van der Waals surface area contributed by atoms with E-state index in [2.05, 4.69) is 41.5 Å². The zero-order chi connectivity index (χ0) is 9.98. The molecule has 0 aromatic rings. The molecule has 0 aromatic carbocycles. The minimum Gasteiger partial charge on any atom is -0.343 e. The van der Waals surface area contributed by atoms with Gasteiger partial charge in [0.1, 0.15) is 0 Å². The van der Waals surface area contributed by atoms with Crippen LogP contribution in [0.3, 0.4) is 0 Å². The van der Waals surface area contributed by atoms with Crippen LogP contribution in [0.15, 0.2) is 0 Å². The summed E-state index contributed by atoms with van der Waals surface area (Å²) in [7, 11) is 0. The van der Waals surface area contributed by atoms with E-state index in [1.165, 1.54) is 12.8 Å². The van der Waals surface area contributed by atoms with Crippen LogP contribution in [0.2, 0.25) is 0 Å². The van der Waals surface area contributed by atoms with Crippen molar-refractivity contribution >= 4 is 0 Å².